The molecular weight excluding hydrogens is 262 g/mol. The van der Waals surface area contributed by atoms with Crippen molar-refractivity contribution in [3.05, 3.63) is 17.0 Å². The van der Waals surface area contributed by atoms with Crippen molar-refractivity contribution in [3.8, 4) is 0 Å². The first-order valence-electron chi connectivity index (χ1n) is 7.01. The van der Waals surface area contributed by atoms with Crippen LogP contribution in [-0.4, -0.2) is 29.7 Å². The number of nitrogens with zero attached hydrogens (tertiary/aromatic N) is 2. The van der Waals surface area contributed by atoms with E-state index < -0.39 is 0 Å². The Hall–Kier alpha value is -0.870. The van der Waals surface area contributed by atoms with E-state index in [0.29, 0.717) is 5.15 Å². The topological polar surface area (TPSA) is 47.0 Å². The maximum absolute atomic E-state index is 5.98. The van der Waals surface area contributed by atoms with Gasteiger partial charge in [-0.15, -0.1) is 0 Å². The first-order valence-corrected chi connectivity index (χ1v) is 7.39. The molecule has 1 N–H and O–H groups in total. The van der Waals surface area contributed by atoms with Gasteiger partial charge in [0.1, 0.15) is 16.8 Å². The molecule has 0 amide bonds. The van der Waals surface area contributed by atoms with Crippen LogP contribution in [0.1, 0.15) is 44.9 Å². The highest BCUT2D eigenvalue weighted by molar-refractivity contribution is 6.29. The van der Waals surface area contributed by atoms with Gasteiger partial charge in [-0.05, 0) is 25.2 Å². The molecule has 1 heterocycles. The normalized spacial score (nSPS) is 14.9. The Labute approximate surface area is 119 Å². The van der Waals surface area contributed by atoms with E-state index in [1.165, 1.54) is 12.8 Å². The molecule has 4 nitrogen and oxygen atoms in total. The molecule has 1 aliphatic carbocycles. The lowest BCUT2D eigenvalue weighted by atomic mass is 10.2. The molecule has 19 heavy (non-hydrogen) atoms. The van der Waals surface area contributed by atoms with Crippen LogP contribution in [0.25, 0.3) is 0 Å². The van der Waals surface area contributed by atoms with Crippen LogP contribution < -0.4 is 5.32 Å². The van der Waals surface area contributed by atoms with Gasteiger partial charge in [0.05, 0.1) is 0 Å². The summed E-state index contributed by atoms with van der Waals surface area (Å²) >= 11 is 5.98. The lowest BCUT2D eigenvalue weighted by molar-refractivity contribution is 0.124. The first kappa shape index (κ1) is 14.5. The van der Waals surface area contributed by atoms with Crippen molar-refractivity contribution in [3.63, 3.8) is 0 Å². The van der Waals surface area contributed by atoms with Crippen molar-refractivity contribution in [1.82, 2.24) is 9.97 Å². The van der Waals surface area contributed by atoms with Crippen LogP contribution in [0, 0.1) is 5.92 Å². The number of aromatic nitrogens is 2. The summed E-state index contributed by atoms with van der Waals surface area (Å²) in [5, 5.41) is 3.76. The molecule has 0 radical (unpaired) electrons. The fourth-order valence-electron chi connectivity index (χ4n) is 1.71. The summed E-state index contributed by atoms with van der Waals surface area (Å²) in [4.78, 5) is 8.65. The Morgan fingerprint density at radius 2 is 2.21 bits per heavy atom. The monoisotopic (exact) mass is 283 g/mol. The van der Waals surface area contributed by atoms with Crippen LogP contribution >= 0.6 is 11.6 Å². The Kier molecular flexibility index (Phi) is 5.40. The molecule has 2 rings (SSSR count). The predicted octanol–water partition coefficient (Wildman–Crippen LogP) is 3.48. The molecule has 1 aromatic heterocycles. The van der Waals surface area contributed by atoms with Gasteiger partial charge in [0, 0.05) is 31.7 Å². The minimum Gasteiger partial charge on any atom is -0.381 e. The van der Waals surface area contributed by atoms with Gasteiger partial charge in [-0.25, -0.2) is 9.97 Å². The van der Waals surface area contributed by atoms with Crippen LogP contribution in [0.5, 0.6) is 0 Å². The van der Waals surface area contributed by atoms with E-state index in [2.05, 4.69) is 29.1 Å². The van der Waals surface area contributed by atoms with Crippen molar-refractivity contribution in [2.75, 3.05) is 25.1 Å². The average molecular weight is 284 g/mol. The highest BCUT2D eigenvalue weighted by Crippen LogP contribution is 2.28. The summed E-state index contributed by atoms with van der Waals surface area (Å²) in [5.41, 5.74) is 0. The van der Waals surface area contributed by atoms with Crippen molar-refractivity contribution in [2.24, 2.45) is 5.92 Å². The van der Waals surface area contributed by atoms with Gasteiger partial charge in [0.25, 0.3) is 0 Å². The van der Waals surface area contributed by atoms with E-state index in [4.69, 9.17) is 16.3 Å². The van der Waals surface area contributed by atoms with E-state index in [9.17, 15) is 0 Å². The number of halogens is 1. The number of hydrogen-bond donors (Lipinski definition) is 1. The third-order valence-electron chi connectivity index (χ3n) is 3.05. The zero-order valence-electron chi connectivity index (χ0n) is 11.7. The number of hydrogen-bond acceptors (Lipinski definition) is 4. The summed E-state index contributed by atoms with van der Waals surface area (Å²) in [7, 11) is 0. The van der Waals surface area contributed by atoms with Gasteiger partial charge in [-0.2, -0.15) is 0 Å². The zero-order chi connectivity index (χ0) is 13.7. The Balaban J connectivity index is 1.69. The van der Waals surface area contributed by atoms with Crippen molar-refractivity contribution < 1.29 is 4.74 Å². The molecular formula is C14H22ClN3O. The quantitative estimate of drug-likeness (QED) is 0.586. The molecule has 5 heteroatoms. The maximum atomic E-state index is 5.98. The van der Waals surface area contributed by atoms with Gasteiger partial charge in [0.15, 0.2) is 0 Å². The highest BCUT2D eigenvalue weighted by atomic mass is 35.5. The Morgan fingerprint density at radius 1 is 1.42 bits per heavy atom. The Morgan fingerprint density at radius 3 is 2.89 bits per heavy atom. The third kappa shape index (κ3) is 5.33. The average Bonchev–Trinajstić information content (AvgIpc) is 3.17. The molecule has 1 aromatic rings. The minimum atomic E-state index is 0.279. The molecule has 1 fully saturated rings. The predicted molar refractivity (Wildman–Crippen MR) is 77.8 cm³/mol. The molecule has 1 saturated carbocycles. The number of anilines is 1. The maximum Gasteiger partial charge on any atom is 0.135 e. The first-order chi connectivity index (χ1) is 9.15. The molecule has 0 spiro atoms. The van der Waals surface area contributed by atoms with E-state index in [0.717, 1.165) is 43.7 Å². The van der Waals surface area contributed by atoms with Crippen LogP contribution in [0.4, 0.5) is 5.82 Å². The molecule has 1 aliphatic rings. The fraction of sp³-hybridized carbons (Fsp3) is 0.714. The van der Waals surface area contributed by atoms with Crippen molar-refractivity contribution in [2.45, 2.75) is 39.0 Å². The standard InChI is InChI=1S/C14H22ClN3O/c1-10(2)14-17-12(15)8-13(18-14)16-6-3-7-19-9-11-4-5-11/h8,10-11H,3-7,9H2,1-2H3,(H,16,17,18). The van der Waals surface area contributed by atoms with E-state index in [-0.39, 0.29) is 5.92 Å². The highest BCUT2D eigenvalue weighted by Gasteiger charge is 2.20. The van der Waals surface area contributed by atoms with Crippen LogP contribution in [0.2, 0.25) is 5.15 Å². The van der Waals surface area contributed by atoms with E-state index in [1.807, 2.05) is 0 Å². The van der Waals surface area contributed by atoms with Crippen LogP contribution in [0.15, 0.2) is 6.07 Å². The second-order valence-electron chi connectivity index (χ2n) is 5.39. The zero-order valence-corrected chi connectivity index (χ0v) is 12.4. The molecule has 0 aromatic carbocycles. The van der Waals surface area contributed by atoms with Crippen LogP contribution in [0.3, 0.4) is 0 Å². The summed E-state index contributed by atoms with van der Waals surface area (Å²) < 4.78 is 5.58. The summed E-state index contributed by atoms with van der Waals surface area (Å²) in [6.45, 7) is 6.69. The van der Waals surface area contributed by atoms with Crippen molar-refractivity contribution in [1.29, 1.82) is 0 Å². The lowest BCUT2D eigenvalue weighted by Crippen LogP contribution is -2.09. The molecule has 0 atom stereocenters. The van der Waals surface area contributed by atoms with Crippen LogP contribution in [-0.2, 0) is 4.74 Å². The van der Waals surface area contributed by atoms with Gasteiger partial charge in [-0.3, -0.25) is 0 Å². The minimum absolute atomic E-state index is 0.279. The fourth-order valence-corrected chi connectivity index (χ4v) is 1.90. The van der Waals surface area contributed by atoms with Crippen molar-refractivity contribution >= 4 is 17.4 Å². The van der Waals surface area contributed by atoms with E-state index >= 15 is 0 Å². The van der Waals surface area contributed by atoms with Gasteiger partial charge in [-0.1, -0.05) is 25.4 Å². The molecule has 0 unspecified atom stereocenters. The van der Waals surface area contributed by atoms with E-state index in [1.54, 1.807) is 6.07 Å². The SMILES string of the molecule is CC(C)c1nc(Cl)cc(NCCCOCC2CC2)n1. The lowest BCUT2D eigenvalue weighted by Gasteiger charge is -2.09. The summed E-state index contributed by atoms with van der Waals surface area (Å²) in [5.74, 6) is 2.69. The molecule has 106 valence electrons. The molecule has 0 bridgehead atoms. The number of nitrogens with one attached hydrogen (secondary N) is 1. The number of ether oxygens (including phenoxy) is 1. The summed E-state index contributed by atoms with van der Waals surface area (Å²) in [6, 6.07) is 1.76. The van der Waals surface area contributed by atoms with Gasteiger partial charge in [0.2, 0.25) is 0 Å². The summed E-state index contributed by atoms with van der Waals surface area (Å²) in [6.07, 6.45) is 3.66. The Bertz CT molecular complexity index is 408. The smallest absolute Gasteiger partial charge is 0.135 e. The van der Waals surface area contributed by atoms with Gasteiger partial charge < -0.3 is 10.1 Å². The third-order valence-corrected chi connectivity index (χ3v) is 3.24. The second-order valence-corrected chi connectivity index (χ2v) is 5.77. The second kappa shape index (κ2) is 7.06. The largest absolute Gasteiger partial charge is 0.381 e. The number of rotatable bonds is 8. The van der Waals surface area contributed by atoms with Gasteiger partial charge >= 0.3 is 0 Å². The molecule has 0 saturated heterocycles. The molecule has 0 aliphatic heterocycles.